The van der Waals surface area contributed by atoms with E-state index in [-0.39, 0.29) is 0 Å². The zero-order chi connectivity index (χ0) is 14.9. The highest BCUT2D eigenvalue weighted by molar-refractivity contribution is 5.53. The van der Waals surface area contributed by atoms with Crippen LogP contribution in [0.1, 0.15) is 6.92 Å². The molecule has 0 radical (unpaired) electrons. The van der Waals surface area contributed by atoms with Crippen molar-refractivity contribution in [1.82, 2.24) is 0 Å². The second-order valence-corrected chi connectivity index (χ2v) is 4.58. The molecule has 0 fully saturated rings. The predicted octanol–water partition coefficient (Wildman–Crippen LogP) is 5.18. The van der Waals surface area contributed by atoms with E-state index in [1.807, 2.05) is 85.8 Å². The van der Waals surface area contributed by atoms with Gasteiger partial charge >= 0.3 is 0 Å². The largest absolute Gasteiger partial charge is 0.356 e. The van der Waals surface area contributed by atoms with Crippen LogP contribution in [0, 0.1) is 0 Å². The molecule has 2 nitrogen and oxygen atoms in total. The van der Waals surface area contributed by atoms with Crippen LogP contribution in [0.15, 0.2) is 96.9 Å². The number of nitrogens with one attached hydrogen (secondary N) is 2. The highest BCUT2D eigenvalue weighted by Gasteiger charge is 1.94. The lowest BCUT2D eigenvalue weighted by Crippen LogP contribution is -1.98. The molecule has 21 heavy (non-hydrogen) atoms. The Morgan fingerprint density at radius 2 is 1.33 bits per heavy atom. The number of rotatable bonds is 6. The fraction of sp³-hybridized carbons (Fsp3) is 0.0526. The van der Waals surface area contributed by atoms with Gasteiger partial charge in [-0.15, -0.1) is 0 Å². The molecule has 0 amide bonds. The minimum atomic E-state index is 0.843. The second kappa shape index (κ2) is 7.75. The molecule has 0 heterocycles. The maximum atomic E-state index is 4.01. The summed E-state index contributed by atoms with van der Waals surface area (Å²) >= 11 is 0. The van der Waals surface area contributed by atoms with E-state index >= 15 is 0 Å². The van der Waals surface area contributed by atoms with Crippen LogP contribution in [0.5, 0.6) is 0 Å². The summed E-state index contributed by atoms with van der Waals surface area (Å²) in [6.07, 6.45) is 5.99. The lowest BCUT2D eigenvalue weighted by atomic mass is 10.2. The molecule has 2 N–H and O–H groups in total. The van der Waals surface area contributed by atoms with Crippen molar-refractivity contribution in [2.45, 2.75) is 6.92 Å². The zero-order valence-corrected chi connectivity index (χ0v) is 12.2. The molecule has 2 rings (SSSR count). The predicted molar refractivity (Wildman–Crippen MR) is 92.2 cm³/mol. The van der Waals surface area contributed by atoms with E-state index in [9.17, 15) is 0 Å². The summed E-state index contributed by atoms with van der Waals surface area (Å²) in [5, 5.41) is 6.60. The number of para-hydroxylation sites is 2. The molecule has 2 aromatic rings. The monoisotopic (exact) mass is 276 g/mol. The molecule has 0 spiro atoms. The molecule has 106 valence electrons. The standard InChI is InChI=1S/C19H20N2/c1-3-17(21-19-12-8-5-9-13-19)15-14-16(2)20-18-10-6-4-7-11-18/h3-15,20-21H,2H2,1H3/b15-14-,17-3+. The summed E-state index contributed by atoms with van der Waals surface area (Å²) in [6, 6.07) is 20.1. The molecule has 0 unspecified atom stereocenters. The Kier molecular flexibility index (Phi) is 5.41. The van der Waals surface area contributed by atoms with Crippen LogP contribution in [-0.4, -0.2) is 0 Å². The van der Waals surface area contributed by atoms with Gasteiger partial charge in [-0.2, -0.15) is 0 Å². The van der Waals surface area contributed by atoms with Gasteiger partial charge in [-0.1, -0.05) is 49.1 Å². The molecule has 0 saturated heterocycles. The topological polar surface area (TPSA) is 24.1 Å². The van der Waals surface area contributed by atoms with Gasteiger partial charge < -0.3 is 10.6 Å². The minimum Gasteiger partial charge on any atom is -0.356 e. The fourth-order valence-electron chi connectivity index (χ4n) is 1.84. The third-order valence-corrected chi connectivity index (χ3v) is 2.92. The van der Waals surface area contributed by atoms with Crippen molar-refractivity contribution < 1.29 is 0 Å². The van der Waals surface area contributed by atoms with E-state index in [1.165, 1.54) is 0 Å². The van der Waals surface area contributed by atoms with Crippen molar-refractivity contribution in [2.24, 2.45) is 0 Å². The van der Waals surface area contributed by atoms with Gasteiger partial charge in [0.05, 0.1) is 0 Å². The molecule has 0 aliphatic heterocycles. The summed E-state index contributed by atoms with van der Waals surface area (Å²) < 4.78 is 0. The number of allylic oxidation sites excluding steroid dienone is 3. The van der Waals surface area contributed by atoms with Gasteiger partial charge in [0.15, 0.2) is 0 Å². The Balaban J connectivity index is 1.94. The van der Waals surface area contributed by atoms with E-state index in [0.29, 0.717) is 0 Å². The van der Waals surface area contributed by atoms with Crippen LogP contribution in [-0.2, 0) is 0 Å². The number of hydrogen-bond donors (Lipinski definition) is 2. The van der Waals surface area contributed by atoms with Gasteiger partial charge in [0.1, 0.15) is 0 Å². The van der Waals surface area contributed by atoms with Gasteiger partial charge in [0.2, 0.25) is 0 Å². The first-order chi connectivity index (χ1) is 10.3. The fourth-order valence-corrected chi connectivity index (χ4v) is 1.84. The van der Waals surface area contributed by atoms with E-state index in [4.69, 9.17) is 0 Å². The van der Waals surface area contributed by atoms with Crippen LogP contribution in [0.3, 0.4) is 0 Å². The Labute approximate surface area is 126 Å². The van der Waals surface area contributed by atoms with E-state index < -0.39 is 0 Å². The van der Waals surface area contributed by atoms with Gasteiger partial charge in [0.25, 0.3) is 0 Å². The summed E-state index contributed by atoms with van der Waals surface area (Å²) in [6.45, 7) is 6.01. The highest BCUT2D eigenvalue weighted by Crippen LogP contribution is 2.12. The summed E-state index contributed by atoms with van der Waals surface area (Å²) in [5.74, 6) is 0. The van der Waals surface area contributed by atoms with E-state index in [2.05, 4.69) is 17.2 Å². The smallest absolute Gasteiger partial charge is 0.0384 e. The summed E-state index contributed by atoms with van der Waals surface area (Å²) in [4.78, 5) is 0. The molecule has 0 bridgehead atoms. The molecule has 0 saturated carbocycles. The maximum absolute atomic E-state index is 4.01. The Hall–Kier alpha value is -2.74. The highest BCUT2D eigenvalue weighted by atomic mass is 14.9. The third kappa shape index (κ3) is 5.03. The number of hydrogen-bond acceptors (Lipinski definition) is 2. The van der Waals surface area contributed by atoms with Crippen molar-refractivity contribution in [3.8, 4) is 0 Å². The second-order valence-electron chi connectivity index (χ2n) is 4.58. The van der Waals surface area contributed by atoms with Crippen LogP contribution in [0.2, 0.25) is 0 Å². The van der Waals surface area contributed by atoms with Crippen molar-refractivity contribution in [1.29, 1.82) is 0 Å². The third-order valence-electron chi connectivity index (χ3n) is 2.92. The lowest BCUT2D eigenvalue weighted by molar-refractivity contribution is 1.42. The lowest BCUT2D eigenvalue weighted by Gasteiger charge is -2.08. The average molecular weight is 276 g/mol. The molecule has 0 atom stereocenters. The quantitative estimate of drug-likeness (QED) is 0.710. The van der Waals surface area contributed by atoms with Crippen LogP contribution >= 0.6 is 0 Å². The van der Waals surface area contributed by atoms with Gasteiger partial charge in [-0.3, -0.25) is 0 Å². The van der Waals surface area contributed by atoms with Gasteiger partial charge in [-0.05, 0) is 43.3 Å². The van der Waals surface area contributed by atoms with Gasteiger partial charge in [-0.25, -0.2) is 0 Å². The molecule has 0 aromatic heterocycles. The van der Waals surface area contributed by atoms with Crippen LogP contribution in [0.4, 0.5) is 11.4 Å². The van der Waals surface area contributed by atoms with Gasteiger partial charge in [0, 0.05) is 22.8 Å². The Morgan fingerprint density at radius 3 is 1.86 bits per heavy atom. The molecule has 2 aromatic carbocycles. The summed E-state index contributed by atoms with van der Waals surface area (Å²) in [7, 11) is 0. The van der Waals surface area contributed by atoms with Crippen molar-refractivity contribution in [3.63, 3.8) is 0 Å². The maximum Gasteiger partial charge on any atom is 0.0384 e. The van der Waals surface area contributed by atoms with Crippen molar-refractivity contribution in [3.05, 3.63) is 96.9 Å². The molecule has 0 aliphatic carbocycles. The normalized spacial score (nSPS) is 11.4. The Morgan fingerprint density at radius 1 is 0.810 bits per heavy atom. The average Bonchev–Trinajstić information content (AvgIpc) is 2.53. The summed E-state index contributed by atoms with van der Waals surface area (Å²) in [5.41, 5.74) is 3.97. The van der Waals surface area contributed by atoms with Crippen molar-refractivity contribution >= 4 is 11.4 Å². The first-order valence-electron chi connectivity index (χ1n) is 6.95. The SMILES string of the molecule is C=C(/C=C\C(=C/C)Nc1ccccc1)Nc1ccccc1. The first kappa shape index (κ1) is 14.7. The first-order valence-corrected chi connectivity index (χ1v) is 6.95. The molecular formula is C19H20N2. The van der Waals surface area contributed by atoms with Crippen LogP contribution in [0.25, 0.3) is 0 Å². The molecule has 0 aliphatic rings. The number of benzene rings is 2. The minimum absolute atomic E-state index is 0.843. The van der Waals surface area contributed by atoms with E-state index in [0.717, 1.165) is 22.8 Å². The Bertz CT molecular complexity index is 625. The van der Waals surface area contributed by atoms with Crippen molar-refractivity contribution in [2.75, 3.05) is 10.6 Å². The zero-order valence-electron chi connectivity index (χ0n) is 12.2. The van der Waals surface area contributed by atoms with E-state index in [1.54, 1.807) is 0 Å². The van der Waals surface area contributed by atoms with Crippen LogP contribution < -0.4 is 10.6 Å². The molecule has 2 heteroatoms. The number of anilines is 2. The molecular weight excluding hydrogens is 256 g/mol.